The van der Waals surface area contributed by atoms with Gasteiger partial charge in [0.15, 0.2) is 40.5 Å². The molecule has 2 N–H and O–H groups in total. The van der Waals surface area contributed by atoms with E-state index in [4.69, 9.17) is 120 Å². The van der Waals surface area contributed by atoms with Crippen molar-refractivity contribution in [1.82, 2.24) is 0 Å². The number of aliphatic hydroxyl groups is 2. The van der Waals surface area contributed by atoms with Crippen molar-refractivity contribution < 1.29 is 115 Å². The van der Waals surface area contributed by atoms with Gasteiger partial charge < -0.3 is 90.7 Å². The van der Waals surface area contributed by atoms with Gasteiger partial charge in [0.25, 0.3) is 0 Å². The van der Waals surface area contributed by atoms with Crippen molar-refractivity contribution in [3.05, 3.63) is 191 Å². The molecule has 20 aliphatic carbocycles. The molecule has 0 radical (unpaired) electrons. The summed E-state index contributed by atoms with van der Waals surface area (Å²) in [6, 6.07) is 15.8. The molecule has 0 aromatic heterocycles. The Bertz CT molecular complexity index is 5230. The molecule has 12 fully saturated rings. The first kappa shape index (κ1) is 111. The SMILES string of the molecule is C=C1C(=C)C2C=CC1C1OC(C)(C)OC21.CC/C=C/C(=O)OCC.CC1(C)OC2C3C=CC(C(CCl)C3CCl)C2O1.CC1(C)OC2C3C=CC(C(CO)C3CO)C2O1.CC1(C)OC2C3C=CC(C4CC(C#N)=C(C#N)CC34)C2O1.CC1(C)OC2C3C=CC(c4cc(C#N)c(C#N)cc43)C2O1.CC1(C)OC2C=CC=CC2O1.CCOC(=O)C1C2C=CC(C3OC(C)(C)OC23)C1C(=O)OCC.O=C=O.[C-]#[N+]C#CC#N. The molecule has 7 heterocycles. The Morgan fingerprint density at radius 2 is 0.706 bits per heavy atom. The molecule has 143 heavy (non-hydrogen) atoms. The van der Waals surface area contributed by atoms with Crippen molar-refractivity contribution in [2.45, 2.75) is 282 Å². The molecule has 34 atom stereocenters. The molecule has 1 aromatic carbocycles. The third-order valence-electron chi connectivity index (χ3n) is 30.2. The number of rotatable bonds is 11. The van der Waals surface area contributed by atoms with Gasteiger partial charge in [0.2, 0.25) is 0 Å². The van der Waals surface area contributed by atoms with E-state index in [9.17, 15) is 45.6 Å². The number of halogens is 2. The van der Waals surface area contributed by atoms with E-state index in [0.29, 0.717) is 101 Å². The standard InChI is InChI=1S/C17H18N2O2.C17H14N2O2.C17H24O6.C13H18Cl2O2.C13H20O4.C13H16O2.C9H12O2.C7H12O2.C4N2.CO2/c2*1-17(2)20-15-11-3-4-12(16(15)21-17)14-6-10(8-19)9(7-18)5-13(11)14;1-5-20-15(18)11-9-7-8-10(12(11)16(19)21-6-2)14-13(9)22-17(3,4)23-14;2*1-13(2)16-11-7-3-4-8(12(11)17-13)10(6-15)9(7)5-14;1-7-8(2)10-6-5-9(7)11-12(10)15-13(3,4)14-11;1-9(2)10-7-5-3-4-6-8(7)11-9;1-3-5-6-7(8)9-4-2;1-6-4-2-3-5;2-1-3/h3-4,11-16H,5-6H2,1-2H3;3-6,11-12,15-16H,1-2H3;7-14H,5-6H2,1-4H3;3-4,7-12H,5-6H2,1-2H3;3-4,7-12,14-15H,5-6H2,1-2H3;5-6,9-12H,1-2H2,3-4H3;3-8H,1-2H3;5-6H,3-4H2,1-2H3;;/b;;;;;;;6-5+;;. The lowest BCUT2D eigenvalue weighted by atomic mass is 9.55. The smallest absolute Gasteiger partial charge is 0.373 e. The Morgan fingerprint density at radius 3 is 0.993 bits per heavy atom. The lowest BCUT2D eigenvalue weighted by Crippen LogP contribution is -2.57. The first-order valence-corrected chi connectivity index (χ1v) is 50.6. The van der Waals surface area contributed by atoms with Gasteiger partial charge in [-0.1, -0.05) is 123 Å². The van der Waals surface area contributed by atoms with Crippen LogP contribution in [-0.2, 0) is 104 Å². The molecule has 34 unspecified atom stereocenters. The largest absolute Gasteiger partial charge is 0.466 e. The normalized spacial score (nSPS) is 38.8. The fraction of sp³-hybridized carbons (Fsp3) is 0.622. The molecule has 1 aromatic rings. The van der Waals surface area contributed by atoms with Gasteiger partial charge in [-0.25, -0.2) is 4.79 Å². The lowest BCUT2D eigenvalue weighted by molar-refractivity contribution is -0.192. The van der Waals surface area contributed by atoms with Crippen LogP contribution in [0.2, 0.25) is 0 Å². The van der Waals surface area contributed by atoms with E-state index >= 15 is 0 Å². The monoisotopic (exact) mass is 2000 g/mol. The van der Waals surface area contributed by atoms with Gasteiger partial charge in [0.1, 0.15) is 43.0 Å². The van der Waals surface area contributed by atoms with Crippen LogP contribution in [0.15, 0.2) is 157 Å². The van der Waals surface area contributed by atoms with Crippen molar-refractivity contribution in [2.75, 3.05) is 44.8 Å². The quantitative estimate of drug-likeness (QED) is 0.0395. The lowest BCUT2D eigenvalue weighted by Gasteiger charge is -2.51. The summed E-state index contributed by atoms with van der Waals surface area (Å²) in [7, 11) is 0. The Hall–Kier alpha value is -9.67. The van der Waals surface area contributed by atoms with Gasteiger partial charge in [0.05, 0.1) is 128 Å². The van der Waals surface area contributed by atoms with Crippen molar-refractivity contribution in [1.29, 1.82) is 26.3 Å². The third kappa shape index (κ3) is 23.5. The number of hydrogen-bond donors (Lipinski definition) is 2. The van der Waals surface area contributed by atoms with E-state index in [2.05, 4.69) is 108 Å². The van der Waals surface area contributed by atoms with Crippen molar-refractivity contribution in [3.63, 3.8) is 0 Å². The van der Waals surface area contributed by atoms with Gasteiger partial charge >= 0.3 is 24.1 Å². The number of nitriles is 5. The number of allylic oxidation sites excluding steroid dienone is 5. The molecule has 7 saturated heterocycles. The third-order valence-corrected chi connectivity index (χ3v) is 30.9. The maximum Gasteiger partial charge on any atom is 0.373 e. The predicted molar refractivity (Wildman–Crippen MR) is 520 cm³/mol. The first-order valence-electron chi connectivity index (χ1n) is 49.5. The van der Waals surface area contributed by atoms with Crippen molar-refractivity contribution in [2.24, 2.45) is 107 Å². The van der Waals surface area contributed by atoms with Crippen LogP contribution < -0.4 is 0 Å². The van der Waals surface area contributed by atoms with E-state index in [1.807, 2.05) is 164 Å². The highest BCUT2D eigenvalue weighted by molar-refractivity contribution is 6.19. The fourth-order valence-electron chi connectivity index (χ4n) is 24.9. The molecular formula is C111H134Cl2N6O24. The molecule has 32 heteroatoms. The number of nitrogens with zero attached hydrogens (tertiary/aromatic N) is 6. The first-order chi connectivity index (χ1) is 67.9. The van der Waals surface area contributed by atoms with Crippen molar-refractivity contribution in [3.8, 4) is 42.3 Å². The molecule has 12 bridgehead atoms. The molecule has 30 nitrogen and oxygen atoms in total. The topological polar surface area (TPSA) is 406 Å². The summed E-state index contributed by atoms with van der Waals surface area (Å²) < 4.78 is 98.4. The zero-order chi connectivity index (χ0) is 104. The number of ether oxygens (including phenoxy) is 17. The molecule has 766 valence electrons. The average Bonchev–Trinajstić information content (AvgIpc) is 1.63. The second-order valence-corrected chi connectivity index (χ2v) is 42.6. The Labute approximate surface area is 849 Å². The van der Waals surface area contributed by atoms with Gasteiger partial charge in [-0.2, -0.15) is 40.7 Å². The number of carbonyl (C=O) groups excluding carboxylic acids is 5. The maximum absolute atomic E-state index is 12.5. The maximum atomic E-state index is 12.5. The van der Waals surface area contributed by atoms with Crippen LogP contribution in [0.25, 0.3) is 4.85 Å². The molecule has 0 amide bonds. The predicted octanol–water partition coefficient (Wildman–Crippen LogP) is 16.0. The van der Waals surface area contributed by atoms with E-state index < -0.39 is 52.3 Å². The average molecular weight is 2010 g/mol. The summed E-state index contributed by atoms with van der Waals surface area (Å²) in [4.78, 5) is 54.3. The number of benzene rings is 1. The number of esters is 3. The summed E-state index contributed by atoms with van der Waals surface area (Å²) in [5, 5.41) is 63.7. The molecule has 27 aliphatic rings. The highest BCUT2D eigenvalue weighted by Crippen LogP contribution is 2.61. The van der Waals surface area contributed by atoms with E-state index in [0.717, 1.165) is 28.7 Å². The summed E-state index contributed by atoms with van der Waals surface area (Å²) >= 11 is 12.2. The number of alkyl halides is 2. The second kappa shape index (κ2) is 45.8. The summed E-state index contributed by atoms with van der Waals surface area (Å²) in [5.74, 6) is 0.998. The summed E-state index contributed by atoms with van der Waals surface area (Å²) in [5.41, 5.74) is 6.65. The second-order valence-electron chi connectivity index (χ2n) is 42.0. The number of hydrogen-bond acceptors (Lipinski definition) is 29. The molecule has 5 saturated carbocycles. The Kier molecular flexibility index (Phi) is 35.4. The van der Waals surface area contributed by atoms with Gasteiger partial charge in [0, 0.05) is 113 Å². The van der Waals surface area contributed by atoms with Crippen LogP contribution in [0.5, 0.6) is 0 Å². The highest BCUT2D eigenvalue weighted by atomic mass is 35.5. The van der Waals surface area contributed by atoms with E-state index in [1.54, 1.807) is 26.8 Å². The molecule has 0 spiro atoms. The van der Waals surface area contributed by atoms with E-state index in [1.165, 1.54) is 12.1 Å². The number of fused-ring (bicyclic) bond motifs is 5. The molecule has 28 rings (SSSR count). The van der Waals surface area contributed by atoms with Crippen LogP contribution in [-0.4, -0.2) is 205 Å². The zero-order valence-corrected chi connectivity index (χ0v) is 86.0. The van der Waals surface area contributed by atoms with Crippen LogP contribution in [0.1, 0.15) is 178 Å². The van der Waals surface area contributed by atoms with Gasteiger partial charge in [-0.3, -0.25) is 9.59 Å². The van der Waals surface area contributed by atoms with Crippen molar-refractivity contribution >= 4 is 47.3 Å². The minimum atomic E-state index is -0.722. The minimum Gasteiger partial charge on any atom is -0.466 e. The fourth-order valence-corrected chi connectivity index (χ4v) is 25.7. The van der Waals surface area contributed by atoms with Crippen LogP contribution in [0.3, 0.4) is 0 Å². The van der Waals surface area contributed by atoms with Crippen LogP contribution >= 0.6 is 23.2 Å². The minimum absolute atomic E-state index is 0.0121. The number of aliphatic hydroxyl groups excluding tert-OH is 2. The van der Waals surface area contributed by atoms with Gasteiger partial charge in [-0.05, 0) is 213 Å². The summed E-state index contributed by atoms with van der Waals surface area (Å²) in [6.45, 7) is 49.8. The van der Waals surface area contributed by atoms with Gasteiger partial charge in [-0.15, -0.1) is 23.2 Å². The summed E-state index contributed by atoms with van der Waals surface area (Å²) in [6.07, 6.45) is 40.3. The highest BCUT2D eigenvalue weighted by Gasteiger charge is 2.66. The zero-order valence-electron chi connectivity index (χ0n) is 84.5. The van der Waals surface area contributed by atoms with E-state index in [-0.39, 0.29) is 195 Å². The molecular weight excluding hydrogens is 1870 g/mol. The Morgan fingerprint density at radius 1 is 0.420 bits per heavy atom. The number of carbonyl (C=O) groups is 3. The van der Waals surface area contributed by atoms with Crippen LogP contribution in [0, 0.1) is 182 Å². The Balaban J connectivity index is 0.000000137. The molecule has 7 aliphatic heterocycles. The van der Waals surface area contributed by atoms with Crippen LogP contribution in [0.4, 0.5) is 0 Å².